The van der Waals surface area contributed by atoms with E-state index in [4.69, 9.17) is 9.84 Å². The van der Waals surface area contributed by atoms with E-state index in [1.165, 1.54) is 10.9 Å². The van der Waals surface area contributed by atoms with Crippen molar-refractivity contribution < 1.29 is 14.6 Å². The number of carbonyl (C=O) groups is 1. The molecule has 0 radical (unpaired) electrons. The number of aromatic nitrogens is 2. The molecule has 0 saturated heterocycles. The third kappa shape index (κ3) is 2.81. The van der Waals surface area contributed by atoms with Crippen LogP contribution < -0.4 is 4.74 Å². The van der Waals surface area contributed by atoms with Gasteiger partial charge >= 0.3 is 5.97 Å². The number of rotatable bonds is 4. The number of halogens is 1. The quantitative estimate of drug-likeness (QED) is 0.852. The van der Waals surface area contributed by atoms with Gasteiger partial charge in [-0.2, -0.15) is 5.10 Å². The summed E-state index contributed by atoms with van der Waals surface area (Å²) in [5.41, 5.74) is 0.712. The van der Waals surface area contributed by atoms with Crippen LogP contribution in [-0.4, -0.2) is 20.9 Å². The van der Waals surface area contributed by atoms with Crippen LogP contribution in [-0.2, 0) is 13.7 Å². The van der Waals surface area contributed by atoms with E-state index in [1.54, 1.807) is 7.05 Å². The Kier molecular flexibility index (Phi) is 3.85. The second-order valence-corrected chi connectivity index (χ2v) is 4.92. The normalized spacial score (nSPS) is 10.3. The van der Waals surface area contributed by atoms with E-state index in [0.29, 0.717) is 11.4 Å². The number of aryl methyl sites for hydroxylation is 1. The maximum Gasteiger partial charge on any atom is 0.339 e. The van der Waals surface area contributed by atoms with Gasteiger partial charge < -0.3 is 9.84 Å². The Labute approximate surface area is 118 Å². The second-order valence-electron chi connectivity index (χ2n) is 3.68. The van der Waals surface area contributed by atoms with E-state index in [9.17, 15) is 4.79 Å². The van der Waals surface area contributed by atoms with Crippen LogP contribution >= 0.6 is 22.6 Å². The minimum atomic E-state index is -0.996. The monoisotopic (exact) mass is 358 g/mol. The Morgan fingerprint density at radius 2 is 2.11 bits per heavy atom. The first-order valence-corrected chi connectivity index (χ1v) is 6.28. The van der Waals surface area contributed by atoms with Crippen LogP contribution in [0.2, 0.25) is 0 Å². The number of benzene rings is 1. The Bertz CT molecular complexity index is 563. The van der Waals surface area contributed by atoms with Crippen LogP contribution in [0.4, 0.5) is 0 Å². The molecule has 0 atom stereocenters. The molecule has 0 spiro atoms. The van der Waals surface area contributed by atoms with E-state index in [2.05, 4.69) is 27.7 Å². The molecule has 1 aromatic carbocycles. The molecule has 0 bridgehead atoms. The van der Waals surface area contributed by atoms with Crippen LogP contribution in [0.3, 0.4) is 0 Å². The summed E-state index contributed by atoms with van der Waals surface area (Å²) in [7, 11) is 1.69. The summed E-state index contributed by atoms with van der Waals surface area (Å²) in [5, 5.41) is 12.9. The molecule has 6 heteroatoms. The zero-order valence-electron chi connectivity index (χ0n) is 9.63. The summed E-state index contributed by atoms with van der Waals surface area (Å²) in [6.45, 7) is 0.179. The highest BCUT2D eigenvalue weighted by atomic mass is 127. The molecule has 0 amide bonds. The highest BCUT2D eigenvalue weighted by molar-refractivity contribution is 14.1. The van der Waals surface area contributed by atoms with Crippen molar-refractivity contribution in [1.82, 2.24) is 9.78 Å². The molecule has 0 aliphatic heterocycles. The molecule has 0 saturated carbocycles. The first kappa shape index (κ1) is 12.9. The number of carboxylic acid groups (broad SMARTS) is 1. The Hall–Kier alpha value is -1.57. The van der Waals surface area contributed by atoms with Crippen LogP contribution in [0.15, 0.2) is 30.5 Å². The average molecular weight is 358 g/mol. The van der Waals surface area contributed by atoms with E-state index in [1.807, 2.05) is 24.3 Å². The second kappa shape index (κ2) is 5.38. The van der Waals surface area contributed by atoms with E-state index in [0.717, 1.165) is 3.57 Å². The van der Waals surface area contributed by atoms with Crippen molar-refractivity contribution in [3.8, 4) is 5.75 Å². The maximum absolute atomic E-state index is 11.0. The number of carboxylic acids is 1. The predicted molar refractivity (Wildman–Crippen MR) is 73.7 cm³/mol. The van der Waals surface area contributed by atoms with Gasteiger partial charge in [0.15, 0.2) is 0 Å². The molecule has 0 aliphatic carbocycles. The number of ether oxygens (including phenoxy) is 1. The van der Waals surface area contributed by atoms with Crippen molar-refractivity contribution >= 4 is 28.6 Å². The molecule has 94 valence electrons. The fourth-order valence-corrected chi connectivity index (χ4v) is 1.85. The lowest BCUT2D eigenvalue weighted by atomic mass is 10.2. The number of hydrogen-bond acceptors (Lipinski definition) is 3. The van der Waals surface area contributed by atoms with Gasteiger partial charge in [0.2, 0.25) is 0 Å². The van der Waals surface area contributed by atoms with Crippen molar-refractivity contribution in [2.75, 3.05) is 0 Å². The van der Waals surface area contributed by atoms with Crippen LogP contribution in [0, 0.1) is 3.57 Å². The summed E-state index contributed by atoms with van der Waals surface area (Å²) in [6.07, 6.45) is 1.33. The molecule has 1 aromatic heterocycles. The lowest BCUT2D eigenvalue weighted by molar-refractivity contribution is 0.0693. The fraction of sp³-hybridized carbons (Fsp3) is 0.167. The maximum atomic E-state index is 11.0. The molecule has 0 unspecified atom stereocenters. The molecular formula is C12H11IN2O3. The minimum Gasteiger partial charge on any atom is -0.487 e. The molecule has 2 aromatic rings. The van der Waals surface area contributed by atoms with Gasteiger partial charge in [-0.15, -0.1) is 0 Å². The number of aromatic carboxylic acids is 1. The zero-order valence-corrected chi connectivity index (χ0v) is 11.8. The molecule has 1 heterocycles. The third-order valence-corrected chi connectivity index (χ3v) is 3.20. The third-order valence-electron chi connectivity index (χ3n) is 2.48. The van der Waals surface area contributed by atoms with Crippen molar-refractivity contribution in [1.29, 1.82) is 0 Å². The number of nitrogens with zero attached hydrogens (tertiary/aromatic N) is 2. The molecule has 0 aliphatic rings. The summed E-state index contributed by atoms with van der Waals surface area (Å²) >= 11 is 2.21. The van der Waals surface area contributed by atoms with Gasteiger partial charge in [0.05, 0.1) is 11.9 Å². The van der Waals surface area contributed by atoms with Gasteiger partial charge in [-0.05, 0) is 46.9 Å². The first-order chi connectivity index (χ1) is 8.58. The zero-order chi connectivity index (χ0) is 13.1. The van der Waals surface area contributed by atoms with Crippen LogP contribution in [0.5, 0.6) is 5.75 Å². The van der Waals surface area contributed by atoms with Crippen molar-refractivity contribution in [3.05, 3.63) is 45.3 Å². The van der Waals surface area contributed by atoms with Crippen molar-refractivity contribution in [2.24, 2.45) is 7.05 Å². The minimum absolute atomic E-state index is 0.169. The van der Waals surface area contributed by atoms with Gasteiger partial charge in [-0.25, -0.2) is 4.79 Å². The largest absolute Gasteiger partial charge is 0.487 e. The summed E-state index contributed by atoms with van der Waals surface area (Å²) in [5.74, 6) is -0.294. The molecular weight excluding hydrogens is 347 g/mol. The van der Waals surface area contributed by atoms with Crippen molar-refractivity contribution in [3.63, 3.8) is 0 Å². The summed E-state index contributed by atoms with van der Waals surface area (Å²) in [4.78, 5) is 11.0. The molecule has 18 heavy (non-hydrogen) atoms. The lowest BCUT2D eigenvalue weighted by Gasteiger charge is -2.07. The van der Waals surface area contributed by atoms with Gasteiger partial charge in [-0.3, -0.25) is 4.68 Å². The van der Waals surface area contributed by atoms with E-state index >= 15 is 0 Å². The lowest BCUT2D eigenvalue weighted by Crippen LogP contribution is -2.08. The summed E-state index contributed by atoms with van der Waals surface area (Å²) < 4.78 is 8.18. The smallest absolute Gasteiger partial charge is 0.339 e. The Morgan fingerprint density at radius 3 is 2.72 bits per heavy atom. The molecule has 5 nitrogen and oxygen atoms in total. The van der Waals surface area contributed by atoms with E-state index in [-0.39, 0.29) is 12.2 Å². The van der Waals surface area contributed by atoms with Crippen molar-refractivity contribution in [2.45, 2.75) is 6.61 Å². The predicted octanol–water partition coefficient (Wildman–Crippen LogP) is 2.30. The van der Waals surface area contributed by atoms with Gasteiger partial charge in [-0.1, -0.05) is 0 Å². The van der Waals surface area contributed by atoms with Crippen LogP contribution in [0.1, 0.15) is 16.1 Å². The molecule has 1 N–H and O–H groups in total. The molecule has 2 rings (SSSR count). The van der Waals surface area contributed by atoms with Gasteiger partial charge in [0.25, 0.3) is 0 Å². The van der Waals surface area contributed by atoms with Crippen LogP contribution in [0.25, 0.3) is 0 Å². The SMILES string of the molecule is Cn1ncc(C(=O)O)c1COc1ccc(I)cc1. The van der Waals surface area contributed by atoms with Gasteiger partial charge in [0, 0.05) is 10.6 Å². The number of hydrogen-bond donors (Lipinski definition) is 1. The Morgan fingerprint density at radius 1 is 1.44 bits per heavy atom. The standard InChI is InChI=1S/C12H11IN2O3/c1-15-11(10(6-14-15)12(16)17)7-18-9-4-2-8(13)3-5-9/h2-6H,7H2,1H3,(H,16,17). The topological polar surface area (TPSA) is 64.4 Å². The Balaban J connectivity index is 2.12. The highest BCUT2D eigenvalue weighted by Gasteiger charge is 2.15. The average Bonchev–Trinajstić information content (AvgIpc) is 2.70. The fourth-order valence-electron chi connectivity index (χ4n) is 1.50. The highest BCUT2D eigenvalue weighted by Crippen LogP contribution is 2.16. The molecule has 0 fully saturated rings. The summed E-state index contributed by atoms with van der Waals surface area (Å²) in [6, 6.07) is 7.55. The van der Waals surface area contributed by atoms with E-state index < -0.39 is 5.97 Å². The van der Waals surface area contributed by atoms with Gasteiger partial charge in [0.1, 0.15) is 17.9 Å². The first-order valence-electron chi connectivity index (χ1n) is 5.20.